The summed E-state index contributed by atoms with van der Waals surface area (Å²) < 4.78 is 3.88. The quantitative estimate of drug-likeness (QED) is 0.587. The summed E-state index contributed by atoms with van der Waals surface area (Å²) in [5, 5.41) is 4.89. The molecule has 5 rings (SSSR count). The first-order valence-electron chi connectivity index (χ1n) is 11.2. The lowest BCUT2D eigenvalue weighted by molar-refractivity contribution is 0.0699. The summed E-state index contributed by atoms with van der Waals surface area (Å²) in [7, 11) is 2.01. The van der Waals surface area contributed by atoms with Crippen molar-refractivity contribution in [2.75, 3.05) is 6.54 Å². The van der Waals surface area contributed by atoms with E-state index in [2.05, 4.69) is 44.7 Å². The van der Waals surface area contributed by atoms with Gasteiger partial charge in [0.1, 0.15) is 11.4 Å². The van der Waals surface area contributed by atoms with Crippen LogP contribution in [0.2, 0.25) is 0 Å². The van der Waals surface area contributed by atoms with Gasteiger partial charge in [0.2, 0.25) is 0 Å². The van der Waals surface area contributed by atoms with Crippen LogP contribution in [0.1, 0.15) is 56.1 Å². The van der Waals surface area contributed by atoms with Crippen molar-refractivity contribution in [2.24, 2.45) is 17.9 Å². The van der Waals surface area contributed by atoms with Crippen LogP contribution in [0.5, 0.6) is 0 Å². The number of carbonyl (C=O) groups excluding carboxylic acids is 1. The van der Waals surface area contributed by atoms with E-state index < -0.39 is 0 Å². The van der Waals surface area contributed by atoms with E-state index in [0.29, 0.717) is 11.7 Å². The second kappa shape index (κ2) is 6.84. The van der Waals surface area contributed by atoms with Crippen molar-refractivity contribution in [2.45, 2.75) is 53.0 Å². The average Bonchev–Trinajstić information content (AvgIpc) is 3.36. The molecule has 162 valence electrons. The third-order valence-corrected chi connectivity index (χ3v) is 7.09. The Morgan fingerprint density at radius 3 is 2.52 bits per heavy atom. The molecule has 1 saturated carbocycles. The maximum Gasteiger partial charge on any atom is 0.272 e. The van der Waals surface area contributed by atoms with Crippen LogP contribution < -0.4 is 0 Å². The number of hydrogen-bond donors (Lipinski definition) is 0. The van der Waals surface area contributed by atoms with Crippen molar-refractivity contribution in [3.05, 3.63) is 59.9 Å². The van der Waals surface area contributed by atoms with Crippen molar-refractivity contribution in [3.8, 4) is 17.1 Å². The van der Waals surface area contributed by atoms with E-state index >= 15 is 0 Å². The second-order valence-electron chi connectivity index (χ2n) is 10.8. The van der Waals surface area contributed by atoms with Crippen molar-refractivity contribution in [3.63, 3.8) is 0 Å². The van der Waals surface area contributed by atoms with Gasteiger partial charge in [-0.15, -0.1) is 0 Å². The fourth-order valence-electron chi connectivity index (χ4n) is 6.11. The Labute approximate surface area is 184 Å². The zero-order valence-corrected chi connectivity index (χ0v) is 19.2. The summed E-state index contributed by atoms with van der Waals surface area (Å²) in [6, 6.07) is 14.5. The van der Waals surface area contributed by atoms with Gasteiger partial charge in [-0.05, 0) is 67.3 Å². The molecule has 5 heteroatoms. The van der Waals surface area contributed by atoms with Gasteiger partial charge in [0.25, 0.3) is 5.91 Å². The minimum atomic E-state index is 0.0972. The number of carbonyl (C=O) groups is 1. The Bertz CT molecular complexity index is 1140. The van der Waals surface area contributed by atoms with Crippen LogP contribution >= 0.6 is 0 Å². The van der Waals surface area contributed by atoms with E-state index in [9.17, 15) is 4.79 Å². The fourth-order valence-corrected chi connectivity index (χ4v) is 6.11. The molecule has 0 unspecified atom stereocenters. The highest BCUT2D eigenvalue weighted by molar-refractivity contribution is 5.95. The summed E-state index contributed by atoms with van der Waals surface area (Å²) in [5.41, 5.74) is 5.07. The fraction of sp³-hybridized carbons (Fsp3) is 0.462. The lowest BCUT2D eigenvalue weighted by Crippen LogP contribution is -2.38. The van der Waals surface area contributed by atoms with E-state index in [-0.39, 0.29) is 16.7 Å². The third-order valence-electron chi connectivity index (χ3n) is 7.09. The molecule has 1 amide bonds. The van der Waals surface area contributed by atoms with Gasteiger partial charge < -0.3 is 9.47 Å². The zero-order chi connectivity index (χ0) is 22.0. The Morgan fingerprint density at radius 2 is 1.84 bits per heavy atom. The first-order chi connectivity index (χ1) is 14.6. The number of aromatic nitrogens is 3. The maximum absolute atomic E-state index is 13.9. The number of rotatable bonds is 3. The molecule has 2 bridgehead atoms. The van der Waals surface area contributed by atoms with E-state index in [1.54, 1.807) is 0 Å². The minimum absolute atomic E-state index is 0.0972. The van der Waals surface area contributed by atoms with Crippen LogP contribution in [0, 0.1) is 17.8 Å². The van der Waals surface area contributed by atoms with Gasteiger partial charge in [-0.25, -0.2) is 4.68 Å². The second-order valence-corrected chi connectivity index (χ2v) is 10.8. The molecule has 2 atom stereocenters. The van der Waals surface area contributed by atoms with E-state index in [4.69, 9.17) is 5.10 Å². The molecule has 31 heavy (non-hydrogen) atoms. The van der Waals surface area contributed by atoms with Crippen molar-refractivity contribution in [1.82, 2.24) is 19.2 Å². The third kappa shape index (κ3) is 3.50. The molecule has 5 nitrogen and oxygen atoms in total. The molecule has 2 fully saturated rings. The van der Waals surface area contributed by atoms with Gasteiger partial charge >= 0.3 is 0 Å². The molecule has 3 heterocycles. The summed E-state index contributed by atoms with van der Waals surface area (Å²) in [5.74, 6) is 0.0972. The summed E-state index contributed by atoms with van der Waals surface area (Å²) >= 11 is 0. The first kappa shape index (κ1) is 20.1. The Kier molecular flexibility index (Phi) is 4.44. The monoisotopic (exact) mass is 416 g/mol. The van der Waals surface area contributed by atoms with Crippen LogP contribution in [-0.4, -0.2) is 37.7 Å². The number of amides is 1. The van der Waals surface area contributed by atoms with Gasteiger partial charge in [0.15, 0.2) is 0 Å². The number of hydrogen-bond acceptors (Lipinski definition) is 2. The molecule has 1 aliphatic carbocycles. The molecule has 1 aliphatic heterocycles. The minimum Gasteiger partial charge on any atom is -0.349 e. The smallest absolute Gasteiger partial charge is 0.272 e. The van der Waals surface area contributed by atoms with Crippen LogP contribution in [0.4, 0.5) is 0 Å². The first-order valence-corrected chi connectivity index (χ1v) is 11.2. The largest absolute Gasteiger partial charge is 0.349 e. The molecule has 0 radical (unpaired) electrons. The van der Waals surface area contributed by atoms with Crippen LogP contribution in [-0.2, 0) is 7.05 Å². The van der Waals surface area contributed by atoms with Gasteiger partial charge in [-0.3, -0.25) is 4.79 Å². The number of aryl methyl sites for hydroxylation is 2. The SMILES string of the molecule is Cc1ccc(-n2nc(-c3cccn3C)cc2C(=O)N2C[C@@]3(C)C[C@@H]2CC(C)(C)C3)cc1. The summed E-state index contributed by atoms with van der Waals surface area (Å²) in [6.45, 7) is 9.94. The van der Waals surface area contributed by atoms with Crippen LogP contribution in [0.25, 0.3) is 17.1 Å². The predicted octanol–water partition coefficient (Wildman–Crippen LogP) is 5.23. The Balaban J connectivity index is 1.58. The normalized spacial score (nSPS) is 24.5. The van der Waals surface area contributed by atoms with Crippen LogP contribution in [0.3, 0.4) is 0 Å². The molecule has 2 aromatic heterocycles. The molecule has 3 aromatic rings. The molecular formula is C26H32N4O. The number of fused-ring (bicyclic) bond motifs is 2. The predicted molar refractivity (Wildman–Crippen MR) is 123 cm³/mol. The Hall–Kier alpha value is -2.82. The van der Waals surface area contributed by atoms with Crippen molar-refractivity contribution >= 4 is 5.91 Å². The highest BCUT2D eigenvalue weighted by Gasteiger charge is 2.51. The number of nitrogens with zero attached hydrogens (tertiary/aromatic N) is 4. The summed E-state index contributed by atoms with van der Waals surface area (Å²) in [4.78, 5) is 16.1. The van der Waals surface area contributed by atoms with E-state index in [0.717, 1.165) is 36.5 Å². The lowest BCUT2D eigenvalue weighted by atomic mass is 9.65. The highest BCUT2D eigenvalue weighted by Crippen LogP contribution is 2.52. The molecule has 1 saturated heterocycles. The van der Waals surface area contributed by atoms with E-state index in [1.807, 2.05) is 52.8 Å². The molecule has 2 aliphatic rings. The van der Waals surface area contributed by atoms with Crippen molar-refractivity contribution < 1.29 is 4.79 Å². The zero-order valence-electron chi connectivity index (χ0n) is 19.2. The van der Waals surface area contributed by atoms with Gasteiger partial charge in [-0.2, -0.15) is 5.10 Å². The van der Waals surface area contributed by atoms with Gasteiger partial charge in [-0.1, -0.05) is 38.5 Å². The molecule has 1 aromatic carbocycles. The molecule has 0 spiro atoms. The van der Waals surface area contributed by atoms with Crippen LogP contribution in [0.15, 0.2) is 48.7 Å². The number of benzene rings is 1. The standard InChI is InChI=1S/C26H32N4O/c1-18-8-10-19(11-9-18)30-23(13-21(27-30)22-7-6-12-28(22)5)24(31)29-17-26(4)15-20(29)14-25(2,3)16-26/h6-13,20H,14-17H2,1-5H3/t20-,26-/m0/s1. The highest BCUT2D eigenvalue weighted by atomic mass is 16.2. The maximum atomic E-state index is 13.9. The molecular weight excluding hydrogens is 384 g/mol. The van der Waals surface area contributed by atoms with E-state index in [1.165, 1.54) is 12.0 Å². The van der Waals surface area contributed by atoms with Gasteiger partial charge in [0, 0.05) is 25.8 Å². The summed E-state index contributed by atoms with van der Waals surface area (Å²) in [6.07, 6.45) is 5.35. The number of likely N-dealkylation sites (tertiary alicyclic amines) is 1. The topological polar surface area (TPSA) is 43.1 Å². The molecule has 0 N–H and O–H groups in total. The van der Waals surface area contributed by atoms with Crippen molar-refractivity contribution in [1.29, 1.82) is 0 Å². The average molecular weight is 417 g/mol. The lowest BCUT2D eigenvalue weighted by Gasteiger charge is -2.39. The Morgan fingerprint density at radius 1 is 1.10 bits per heavy atom. The van der Waals surface area contributed by atoms with Gasteiger partial charge in [0.05, 0.1) is 11.4 Å².